The summed E-state index contributed by atoms with van der Waals surface area (Å²) < 4.78 is 0. The monoisotopic (exact) mass is 249 g/mol. The predicted molar refractivity (Wildman–Crippen MR) is 76.0 cm³/mol. The van der Waals surface area contributed by atoms with Crippen molar-refractivity contribution in [2.24, 2.45) is 0 Å². The second-order valence-electron chi connectivity index (χ2n) is 4.22. The van der Waals surface area contributed by atoms with Crippen molar-refractivity contribution in [3.05, 3.63) is 29.8 Å². The van der Waals surface area contributed by atoms with Crippen LogP contribution in [0.3, 0.4) is 0 Å². The number of urea groups is 1. The summed E-state index contributed by atoms with van der Waals surface area (Å²) in [6.45, 7) is 9.79. The summed E-state index contributed by atoms with van der Waals surface area (Å²) in [5.74, 6) is 0. The minimum Gasteiger partial charge on any atom is -0.337 e. The van der Waals surface area contributed by atoms with Gasteiger partial charge in [0.1, 0.15) is 0 Å². The summed E-state index contributed by atoms with van der Waals surface area (Å²) >= 11 is 0. The Bertz CT molecular complexity index is 375. The third-order valence-electron chi connectivity index (χ3n) is 3.00. The van der Waals surface area contributed by atoms with Crippen LogP contribution >= 0.6 is 0 Å². The molecular weight excluding hydrogens is 226 g/mol. The molecule has 0 unspecified atom stereocenters. The molecule has 4 nitrogen and oxygen atoms in total. The number of para-hydroxylation sites is 1. The highest BCUT2D eigenvalue weighted by atomic mass is 16.2. The van der Waals surface area contributed by atoms with Gasteiger partial charge >= 0.3 is 6.03 Å². The molecule has 0 spiro atoms. The molecule has 0 radical (unpaired) electrons. The molecule has 0 fully saturated rings. The van der Waals surface area contributed by atoms with Crippen LogP contribution in [0.1, 0.15) is 19.4 Å². The summed E-state index contributed by atoms with van der Waals surface area (Å²) in [5, 5.41) is 5.72. The number of hydrogen-bond donors (Lipinski definition) is 2. The van der Waals surface area contributed by atoms with Gasteiger partial charge in [-0.1, -0.05) is 32.0 Å². The van der Waals surface area contributed by atoms with E-state index in [1.54, 1.807) is 0 Å². The molecule has 0 aliphatic heterocycles. The Balaban J connectivity index is 2.32. The average molecular weight is 249 g/mol. The van der Waals surface area contributed by atoms with E-state index in [9.17, 15) is 4.79 Å². The molecule has 2 N–H and O–H groups in total. The Morgan fingerprint density at radius 2 is 1.89 bits per heavy atom. The minimum absolute atomic E-state index is 0.142. The van der Waals surface area contributed by atoms with E-state index in [0.717, 1.165) is 30.9 Å². The Kier molecular flexibility index (Phi) is 6.22. The average Bonchev–Trinajstić information content (AvgIpc) is 2.37. The molecule has 100 valence electrons. The number of nitrogens with zero attached hydrogens (tertiary/aromatic N) is 1. The van der Waals surface area contributed by atoms with Crippen molar-refractivity contribution in [2.45, 2.75) is 20.8 Å². The summed E-state index contributed by atoms with van der Waals surface area (Å²) in [6, 6.07) is 7.61. The lowest BCUT2D eigenvalue weighted by molar-refractivity contribution is 0.248. The number of carbonyl (C=O) groups is 1. The van der Waals surface area contributed by atoms with Crippen molar-refractivity contribution in [3.63, 3.8) is 0 Å². The highest BCUT2D eigenvalue weighted by Gasteiger charge is 2.04. The van der Waals surface area contributed by atoms with E-state index >= 15 is 0 Å². The molecule has 0 aliphatic rings. The number of amides is 2. The maximum absolute atomic E-state index is 11.7. The van der Waals surface area contributed by atoms with Crippen LogP contribution < -0.4 is 10.6 Å². The summed E-state index contributed by atoms with van der Waals surface area (Å²) in [6.07, 6.45) is 0. The lowest BCUT2D eigenvalue weighted by Gasteiger charge is -2.18. The van der Waals surface area contributed by atoms with Crippen molar-refractivity contribution in [1.29, 1.82) is 0 Å². The predicted octanol–water partition coefficient (Wildman–Crippen LogP) is 2.46. The van der Waals surface area contributed by atoms with E-state index < -0.39 is 0 Å². The number of rotatable bonds is 6. The number of hydrogen-bond acceptors (Lipinski definition) is 2. The van der Waals surface area contributed by atoms with Gasteiger partial charge in [-0.3, -0.25) is 0 Å². The van der Waals surface area contributed by atoms with Gasteiger partial charge in [0.25, 0.3) is 0 Å². The van der Waals surface area contributed by atoms with Gasteiger partial charge in [-0.05, 0) is 31.6 Å². The van der Waals surface area contributed by atoms with Gasteiger partial charge in [0.15, 0.2) is 0 Å². The molecule has 18 heavy (non-hydrogen) atoms. The molecule has 0 aliphatic carbocycles. The van der Waals surface area contributed by atoms with Crippen LogP contribution in [0, 0.1) is 6.92 Å². The van der Waals surface area contributed by atoms with Crippen molar-refractivity contribution >= 4 is 11.7 Å². The maximum atomic E-state index is 11.7. The van der Waals surface area contributed by atoms with Crippen LogP contribution in [-0.2, 0) is 0 Å². The lowest BCUT2D eigenvalue weighted by Crippen LogP contribution is -2.37. The van der Waals surface area contributed by atoms with E-state index in [2.05, 4.69) is 29.4 Å². The van der Waals surface area contributed by atoms with Crippen LogP contribution in [0.4, 0.5) is 10.5 Å². The molecule has 4 heteroatoms. The fourth-order valence-corrected chi connectivity index (χ4v) is 1.75. The van der Waals surface area contributed by atoms with Gasteiger partial charge in [-0.15, -0.1) is 0 Å². The van der Waals surface area contributed by atoms with E-state index in [-0.39, 0.29) is 6.03 Å². The zero-order valence-corrected chi connectivity index (χ0v) is 11.5. The van der Waals surface area contributed by atoms with Gasteiger partial charge in [0, 0.05) is 18.8 Å². The third kappa shape index (κ3) is 4.75. The summed E-state index contributed by atoms with van der Waals surface area (Å²) in [4.78, 5) is 14.0. The first-order chi connectivity index (χ1) is 8.67. The second-order valence-corrected chi connectivity index (χ2v) is 4.22. The minimum atomic E-state index is -0.142. The molecule has 0 saturated heterocycles. The Morgan fingerprint density at radius 3 is 2.50 bits per heavy atom. The summed E-state index contributed by atoms with van der Waals surface area (Å²) in [7, 11) is 0. The molecule has 1 rings (SSSR count). The molecular formula is C14H23N3O. The second kappa shape index (κ2) is 7.71. The van der Waals surface area contributed by atoms with Crippen molar-refractivity contribution in [1.82, 2.24) is 10.2 Å². The van der Waals surface area contributed by atoms with Crippen LogP contribution in [0.25, 0.3) is 0 Å². The van der Waals surface area contributed by atoms with Crippen LogP contribution in [0.5, 0.6) is 0 Å². The van der Waals surface area contributed by atoms with Gasteiger partial charge in [0.05, 0.1) is 0 Å². The SMILES string of the molecule is CCN(CC)CCNC(=O)Nc1ccccc1C. The van der Waals surface area contributed by atoms with Gasteiger partial charge < -0.3 is 15.5 Å². The van der Waals surface area contributed by atoms with E-state index in [4.69, 9.17) is 0 Å². The molecule has 2 amide bonds. The normalized spacial score (nSPS) is 10.4. The smallest absolute Gasteiger partial charge is 0.319 e. The first kappa shape index (κ1) is 14.5. The number of aryl methyl sites for hydroxylation is 1. The molecule has 0 saturated carbocycles. The maximum Gasteiger partial charge on any atom is 0.319 e. The standard InChI is InChI=1S/C14H23N3O/c1-4-17(5-2)11-10-15-14(18)16-13-9-7-6-8-12(13)3/h6-9H,4-5,10-11H2,1-3H3,(H2,15,16,18). The molecule has 1 aromatic carbocycles. The Morgan fingerprint density at radius 1 is 1.22 bits per heavy atom. The number of benzene rings is 1. The topological polar surface area (TPSA) is 44.4 Å². The zero-order chi connectivity index (χ0) is 13.4. The van der Waals surface area contributed by atoms with E-state index in [1.807, 2.05) is 31.2 Å². The largest absolute Gasteiger partial charge is 0.337 e. The van der Waals surface area contributed by atoms with E-state index in [0.29, 0.717) is 6.54 Å². The first-order valence-electron chi connectivity index (χ1n) is 6.50. The lowest BCUT2D eigenvalue weighted by atomic mass is 10.2. The quantitative estimate of drug-likeness (QED) is 0.813. The highest BCUT2D eigenvalue weighted by molar-refractivity contribution is 5.89. The highest BCUT2D eigenvalue weighted by Crippen LogP contribution is 2.12. The van der Waals surface area contributed by atoms with Crippen molar-refractivity contribution < 1.29 is 4.79 Å². The fraction of sp³-hybridized carbons (Fsp3) is 0.500. The summed E-state index contributed by atoms with van der Waals surface area (Å²) in [5.41, 5.74) is 1.93. The van der Waals surface area contributed by atoms with Crippen LogP contribution in [0.15, 0.2) is 24.3 Å². The van der Waals surface area contributed by atoms with Gasteiger partial charge in [0.2, 0.25) is 0 Å². The zero-order valence-electron chi connectivity index (χ0n) is 11.5. The third-order valence-corrected chi connectivity index (χ3v) is 3.00. The molecule has 0 aromatic heterocycles. The molecule has 0 atom stereocenters. The van der Waals surface area contributed by atoms with E-state index in [1.165, 1.54) is 0 Å². The molecule has 1 aromatic rings. The number of nitrogens with one attached hydrogen (secondary N) is 2. The molecule has 0 bridgehead atoms. The van der Waals surface area contributed by atoms with Gasteiger partial charge in [-0.2, -0.15) is 0 Å². The van der Waals surface area contributed by atoms with Crippen molar-refractivity contribution in [3.8, 4) is 0 Å². The number of carbonyl (C=O) groups excluding carboxylic acids is 1. The fourth-order valence-electron chi connectivity index (χ4n) is 1.75. The Hall–Kier alpha value is -1.55. The van der Waals surface area contributed by atoms with Crippen LogP contribution in [-0.4, -0.2) is 37.1 Å². The molecule has 0 heterocycles. The number of anilines is 1. The van der Waals surface area contributed by atoms with Gasteiger partial charge in [-0.25, -0.2) is 4.79 Å². The first-order valence-corrected chi connectivity index (χ1v) is 6.50. The van der Waals surface area contributed by atoms with Crippen molar-refractivity contribution in [2.75, 3.05) is 31.5 Å². The number of likely N-dealkylation sites (N-methyl/N-ethyl adjacent to an activating group) is 1. The van der Waals surface area contributed by atoms with Crippen LogP contribution in [0.2, 0.25) is 0 Å². The Labute approximate surface area is 109 Å².